The lowest BCUT2D eigenvalue weighted by atomic mass is 10.0. The molecule has 7 amide bonds. The number of carbonyl (C=O) groups is 5. The van der Waals surface area contributed by atoms with Crippen LogP contribution in [0.4, 0.5) is 14.4 Å². The highest BCUT2D eigenvalue weighted by atomic mass is 16.4. The van der Waals surface area contributed by atoms with Crippen molar-refractivity contribution in [2.45, 2.75) is 51.4 Å². The van der Waals surface area contributed by atoms with E-state index >= 15 is 0 Å². The topological polar surface area (TPSA) is 236 Å². The van der Waals surface area contributed by atoms with Crippen molar-refractivity contribution < 1.29 is 34.2 Å². The number of phenols is 1. The molecule has 0 aliphatic rings. The third kappa shape index (κ3) is 13.9. The zero-order valence-electron chi connectivity index (χ0n) is 24.1. The maximum Gasteiger partial charge on any atom is 0.326 e. The number of nitrogens with one attached hydrogen (secondary N) is 7. The van der Waals surface area contributed by atoms with Gasteiger partial charge in [-0.05, 0) is 42.0 Å². The number of hydrogen-bond acceptors (Lipinski definition) is 7. The van der Waals surface area contributed by atoms with Gasteiger partial charge in [-0.15, -0.1) is 0 Å². The predicted molar refractivity (Wildman–Crippen MR) is 157 cm³/mol. The third-order valence-corrected chi connectivity index (χ3v) is 5.94. The SMILES string of the molecule is CC(C)C[C@H](NC(=O)N[C@H](Cc1ccccc1)NC(=O)NCNC(=O)NCNC(=O)[C@@H](N)Cc1ccc(O)cc1)C(=O)O. The molecule has 0 unspecified atom stereocenters. The molecule has 0 saturated heterocycles. The Bertz CT molecular complexity index is 1210. The second kappa shape index (κ2) is 17.7. The summed E-state index contributed by atoms with van der Waals surface area (Å²) in [5, 5.41) is 36.0. The summed E-state index contributed by atoms with van der Waals surface area (Å²) in [4.78, 5) is 60.7. The minimum absolute atomic E-state index is 0.0283. The number of benzene rings is 2. The Morgan fingerprint density at radius 1 is 0.721 bits per heavy atom. The second-order valence-corrected chi connectivity index (χ2v) is 10.1. The van der Waals surface area contributed by atoms with Crippen LogP contribution in [0.1, 0.15) is 31.4 Å². The van der Waals surface area contributed by atoms with Crippen molar-refractivity contribution in [3.05, 3.63) is 65.7 Å². The summed E-state index contributed by atoms with van der Waals surface area (Å²) in [7, 11) is 0. The van der Waals surface area contributed by atoms with Gasteiger partial charge in [0, 0.05) is 6.42 Å². The lowest BCUT2D eigenvalue weighted by Crippen LogP contribution is -2.57. The van der Waals surface area contributed by atoms with Crippen LogP contribution in [-0.4, -0.2) is 71.8 Å². The fourth-order valence-electron chi connectivity index (χ4n) is 3.84. The Balaban J connectivity index is 1.77. The van der Waals surface area contributed by atoms with Crippen molar-refractivity contribution in [3.63, 3.8) is 0 Å². The van der Waals surface area contributed by atoms with Crippen LogP contribution in [-0.2, 0) is 22.4 Å². The first-order valence-corrected chi connectivity index (χ1v) is 13.6. The van der Waals surface area contributed by atoms with Crippen LogP contribution in [0.25, 0.3) is 0 Å². The highest BCUT2D eigenvalue weighted by molar-refractivity contribution is 5.84. The van der Waals surface area contributed by atoms with Crippen LogP contribution < -0.4 is 43.0 Å². The van der Waals surface area contributed by atoms with Gasteiger partial charge in [0.15, 0.2) is 0 Å². The van der Waals surface area contributed by atoms with E-state index in [1.807, 2.05) is 19.9 Å². The van der Waals surface area contributed by atoms with E-state index in [0.717, 1.165) is 11.1 Å². The molecule has 0 aliphatic heterocycles. The average Bonchev–Trinajstić information content (AvgIpc) is 2.94. The molecule has 234 valence electrons. The van der Waals surface area contributed by atoms with Crippen LogP contribution in [0.2, 0.25) is 0 Å². The molecule has 2 rings (SSSR count). The molecule has 0 spiro atoms. The van der Waals surface area contributed by atoms with Gasteiger partial charge in [-0.3, -0.25) is 4.79 Å². The lowest BCUT2D eigenvalue weighted by molar-refractivity contribution is -0.139. The number of rotatable bonds is 15. The molecule has 0 saturated carbocycles. The van der Waals surface area contributed by atoms with E-state index in [2.05, 4.69) is 37.2 Å². The van der Waals surface area contributed by atoms with Gasteiger partial charge in [0.05, 0.1) is 19.4 Å². The molecule has 0 heterocycles. The molecule has 2 aromatic rings. The van der Waals surface area contributed by atoms with E-state index in [1.54, 1.807) is 36.4 Å². The smallest absolute Gasteiger partial charge is 0.326 e. The molecule has 11 N–H and O–H groups in total. The van der Waals surface area contributed by atoms with E-state index in [-0.39, 0.29) is 44.3 Å². The molecule has 0 fully saturated rings. The maximum atomic E-state index is 12.5. The van der Waals surface area contributed by atoms with Crippen molar-refractivity contribution in [1.82, 2.24) is 37.2 Å². The molecular formula is C28H40N8O7. The standard InChI is InChI=1S/C28H40N8O7/c1-17(2)12-22(25(39)40)34-28(43)36-23(14-18-6-4-3-5-7-18)35-27(42)33-16-32-26(41)31-15-30-24(38)21(29)13-19-8-10-20(37)11-9-19/h3-11,17,21-23,37H,12-16,29H2,1-2H3,(H,30,38)(H,39,40)(H2,31,32,41)(H2,33,35,42)(H2,34,36,43)/t21-,22-,23+/m0/s1. The van der Waals surface area contributed by atoms with Crippen molar-refractivity contribution in [2.75, 3.05) is 13.3 Å². The Labute approximate surface area is 249 Å². The predicted octanol–water partition coefficient (Wildman–Crippen LogP) is 0.259. The Morgan fingerprint density at radius 2 is 1.28 bits per heavy atom. The number of amides is 7. The van der Waals surface area contributed by atoms with Crippen molar-refractivity contribution >= 4 is 30.0 Å². The first-order chi connectivity index (χ1) is 20.4. The van der Waals surface area contributed by atoms with E-state index < -0.39 is 48.2 Å². The summed E-state index contributed by atoms with van der Waals surface area (Å²) < 4.78 is 0. The van der Waals surface area contributed by atoms with Crippen LogP contribution in [0.3, 0.4) is 0 Å². The van der Waals surface area contributed by atoms with Gasteiger partial charge in [-0.1, -0.05) is 56.3 Å². The number of aromatic hydroxyl groups is 1. The Hall–Kier alpha value is -5.05. The zero-order valence-corrected chi connectivity index (χ0v) is 24.1. The number of carbonyl (C=O) groups excluding carboxylic acids is 4. The Kier molecular flexibility index (Phi) is 14.1. The zero-order chi connectivity index (χ0) is 31.8. The summed E-state index contributed by atoms with van der Waals surface area (Å²) in [5.74, 6) is -1.54. The van der Waals surface area contributed by atoms with Crippen molar-refractivity contribution in [1.29, 1.82) is 0 Å². The molecule has 0 radical (unpaired) electrons. The van der Waals surface area contributed by atoms with Gasteiger partial charge in [0.1, 0.15) is 18.0 Å². The van der Waals surface area contributed by atoms with Crippen LogP contribution >= 0.6 is 0 Å². The van der Waals surface area contributed by atoms with Crippen molar-refractivity contribution in [2.24, 2.45) is 11.7 Å². The largest absolute Gasteiger partial charge is 0.508 e. The highest BCUT2D eigenvalue weighted by Crippen LogP contribution is 2.11. The van der Waals surface area contributed by atoms with Crippen molar-refractivity contribution in [3.8, 4) is 5.75 Å². The van der Waals surface area contributed by atoms with Crippen LogP contribution in [0, 0.1) is 5.92 Å². The van der Waals surface area contributed by atoms with E-state index in [1.165, 1.54) is 12.1 Å². The number of urea groups is 3. The first kappa shape index (κ1) is 34.2. The molecule has 0 aromatic heterocycles. The highest BCUT2D eigenvalue weighted by Gasteiger charge is 2.23. The molecule has 0 bridgehead atoms. The molecule has 43 heavy (non-hydrogen) atoms. The normalized spacial score (nSPS) is 12.7. The summed E-state index contributed by atoms with van der Waals surface area (Å²) >= 11 is 0. The number of carboxylic acids is 1. The van der Waals surface area contributed by atoms with Gasteiger partial charge in [-0.2, -0.15) is 0 Å². The summed E-state index contributed by atoms with van der Waals surface area (Å²) in [6.45, 7) is 3.17. The fraction of sp³-hybridized carbons (Fsp3) is 0.393. The second-order valence-electron chi connectivity index (χ2n) is 10.1. The number of aliphatic carboxylic acids is 1. The molecule has 15 heteroatoms. The monoisotopic (exact) mass is 600 g/mol. The number of phenolic OH excluding ortho intramolecular Hbond substituents is 1. The maximum absolute atomic E-state index is 12.5. The number of hydrogen-bond donors (Lipinski definition) is 10. The molecule has 15 nitrogen and oxygen atoms in total. The van der Waals surface area contributed by atoms with E-state index in [0.29, 0.717) is 0 Å². The summed E-state index contributed by atoms with van der Waals surface area (Å²) in [6, 6.07) is 11.1. The summed E-state index contributed by atoms with van der Waals surface area (Å²) in [5.41, 5.74) is 7.43. The quantitative estimate of drug-likeness (QED) is 0.127. The van der Waals surface area contributed by atoms with Crippen LogP contribution in [0.15, 0.2) is 54.6 Å². The minimum Gasteiger partial charge on any atom is -0.508 e. The van der Waals surface area contributed by atoms with E-state index in [4.69, 9.17) is 5.73 Å². The van der Waals surface area contributed by atoms with E-state index in [9.17, 15) is 34.2 Å². The van der Waals surface area contributed by atoms with Gasteiger partial charge in [-0.25, -0.2) is 19.2 Å². The first-order valence-electron chi connectivity index (χ1n) is 13.6. The molecule has 0 aliphatic carbocycles. The molecule has 3 atom stereocenters. The Morgan fingerprint density at radius 3 is 1.88 bits per heavy atom. The van der Waals surface area contributed by atoms with Gasteiger partial charge in [0.2, 0.25) is 5.91 Å². The van der Waals surface area contributed by atoms with Gasteiger partial charge < -0.3 is 53.2 Å². The molecular weight excluding hydrogens is 560 g/mol. The number of nitrogens with two attached hydrogens (primary N) is 1. The summed E-state index contributed by atoms with van der Waals surface area (Å²) in [6.07, 6.45) is -0.251. The lowest BCUT2D eigenvalue weighted by Gasteiger charge is -2.23. The number of carboxylic acid groups (broad SMARTS) is 1. The fourth-order valence-corrected chi connectivity index (χ4v) is 3.84. The molecule has 2 aromatic carbocycles. The van der Waals surface area contributed by atoms with Gasteiger partial charge in [0.25, 0.3) is 0 Å². The van der Waals surface area contributed by atoms with Crippen LogP contribution in [0.5, 0.6) is 5.75 Å². The van der Waals surface area contributed by atoms with Gasteiger partial charge >= 0.3 is 24.1 Å². The average molecular weight is 601 g/mol. The minimum atomic E-state index is -1.17. The third-order valence-electron chi connectivity index (χ3n) is 5.94.